The zero-order valence-electron chi connectivity index (χ0n) is 11.1. The standard InChI is InChI=1S/C13H13ClF3NO3/c1-2-18-10-4-3-8(5-11(10)21-12(18)19)9(14)6-20-7-13(15,16)17/h3-5,9H,2,6-7H2,1H3. The van der Waals surface area contributed by atoms with Gasteiger partial charge in [-0.1, -0.05) is 6.07 Å². The maximum absolute atomic E-state index is 12.0. The molecule has 0 radical (unpaired) electrons. The molecule has 1 aromatic carbocycles. The van der Waals surface area contributed by atoms with E-state index in [0.717, 1.165) is 0 Å². The number of benzene rings is 1. The molecule has 2 aromatic rings. The van der Waals surface area contributed by atoms with Gasteiger partial charge in [-0.25, -0.2) is 4.79 Å². The van der Waals surface area contributed by atoms with Gasteiger partial charge in [-0.3, -0.25) is 4.57 Å². The highest BCUT2D eigenvalue weighted by Crippen LogP contribution is 2.25. The Balaban J connectivity index is 2.13. The fraction of sp³-hybridized carbons (Fsp3) is 0.462. The van der Waals surface area contributed by atoms with Gasteiger partial charge in [-0.05, 0) is 24.6 Å². The number of halogens is 4. The van der Waals surface area contributed by atoms with Crippen LogP contribution in [0.2, 0.25) is 0 Å². The number of hydrogen-bond donors (Lipinski definition) is 0. The largest absolute Gasteiger partial charge is 0.419 e. The van der Waals surface area contributed by atoms with Gasteiger partial charge < -0.3 is 9.15 Å². The van der Waals surface area contributed by atoms with E-state index in [1.54, 1.807) is 19.1 Å². The summed E-state index contributed by atoms with van der Waals surface area (Å²) in [6.45, 7) is 0.634. The fourth-order valence-electron chi connectivity index (χ4n) is 1.95. The zero-order valence-corrected chi connectivity index (χ0v) is 11.9. The second-order valence-electron chi connectivity index (χ2n) is 4.44. The van der Waals surface area contributed by atoms with Crippen LogP contribution in [0.3, 0.4) is 0 Å². The van der Waals surface area contributed by atoms with Crippen molar-refractivity contribution in [2.45, 2.75) is 25.0 Å². The summed E-state index contributed by atoms with van der Waals surface area (Å²) in [4.78, 5) is 11.5. The Labute approximate surface area is 123 Å². The molecule has 8 heteroatoms. The van der Waals surface area contributed by atoms with E-state index >= 15 is 0 Å². The number of rotatable bonds is 5. The molecule has 116 valence electrons. The third kappa shape index (κ3) is 3.79. The van der Waals surface area contributed by atoms with Crippen LogP contribution in [-0.4, -0.2) is 24.0 Å². The molecule has 0 aliphatic carbocycles. The second kappa shape index (κ2) is 6.11. The van der Waals surface area contributed by atoms with Crippen molar-refractivity contribution in [2.24, 2.45) is 0 Å². The van der Waals surface area contributed by atoms with Crippen molar-refractivity contribution >= 4 is 22.7 Å². The van der Waals surface area contributed by atoms with Gasteiger partial charge in [-0.15, -0.1) is 11.6 Å². The summed E-state index contributed by atoms with van der Waals surface area (Å²) < 4.78 is 47.0. The Bertz CT molecular complexity index is 677. The lowest BCUT2D eigenvalue weighted by molar-refractivity contribution is -0.173. The van der Waals surface area contributed by atoms with Crippen LogP contribution in [0.5, 0.6) is 0 Å². The first kappa shape index (κ1) is 15.9. The molecule has 1 heterocycles. The van der Waals surface area contributed by atoms with Crippen molar-refractivity contribution in [2.75, 3.05) is 13.2 Å². The van der Waals surface area contributed by atoms with E-state index in [9.17, 15) is 18.0 Å². The molecule has 0 N–H and O–H groups in total. The summed E-state index contributed by atoms with van der Waals surface area (Å²) in [7, 11) is 0. The Morgan fingerprint density at radius 2 is 2.14 bits per heavy atom. The van der Waals surface area contributed by atoms with Gasteiger partial charge in [0.1, 0.15) is 6.61 Å². The minimum atomic E-state index is -4.38. The molecular formula is C13H13ClF3NO3. The molecule has 0 fully saturated rings. The number of ether oxygens (including phenoxy) is 1. The maximum atomic E-state index is 12.0. The highest BCUT2D eigenvalue weighted by Gasteiger charge is 2.28. The summed E-state index contributed by atoms with van der Waals surface area (Å²) in [5.41, 5.74) is 1.50. The zero-order chi connectivity index (χ0) is 15.6. The first-order chi connectivity index (χ1) is 9.81. The van der Waals surface area contributed by atoms with Crippen LogP contribution in [-0.2, 0) is 11.3 Å². The molecule has 0 spiro atoms. The van der Waals surface area contributed by atoms with E-state index in [4.69, 9.17) is 16.0 Å². The highest BCUT2D eigenvalue weighted by atomic mass is 35.5. The Morgan fingerprint density at radius 3 is 2.76 bits per heavy atom. The summed E-state index contributed by atoms with van der Waals surface area (Å²) >= 11 is 6.00. The van der Waals surface area contributed by atoms with Crippen LogP contribution >= 0.6 is 11.6 Å². The van der Waals surface area contributed by atoms with Crippen LogP contribution < -0.4 is 5.76 Å². The summed E-state index contributed by atoms with van der Waals surface area (Å²) in [5, 5.41) is -0.757. The predicted octanol–water partition coefficient (Wildman–Crippen LogP) is 3.47. The van der Waals surface area contributed by atoms with Crippen molar-refractivity contribution in [1.29, 1.82) is 0 Å². The molecule has 2 rings (SSSR count). The summed E-state index contributed by atoms with van der Waals surface area (Å²) in [5.74, 6) is -0.482. The van der Waals surface area contributed by atoms with Gasteiger partial charge in [0, 0.05) is 6.54 Å². The molecule has 0 aliphatic rings. The van der Waals surface area contributed by atoms with Gasteiger partial charge in [0.2, 0.25) is 0 Å². The van der Waals surface area contributed by atoms with Gasteiger partial charge >= 0.3 is 11.9 Å². The average molecular weight is 324 g/mol. The Morgan fingerprint density at radius 1 is 1.43 bits per heavy atom. The number of alkyl halides is 4. The first-order valence-electron chi connectivity index (χ1n) is 6.23. The van der Waals surface area contributed by atoms with Crippen LogP contribution in [0.15, 0.2) is 27.4 Å². The minimum Gasteiger partial charge on any atom is -0.408 e. The molecule has 1 aromatic heterocycles. The Kier molecular flexibility index (Phi) is 4.63. The molecule has 0 saturated carbocycles. The third-order valence-corrected chi connectivity index (χ3v) is 3.28. The number of fused-ring (bicyclic) bond motifs is 1. The average Bonchev–Trinajstić information content (AvgIpc) is 2.71. The summed E-state index contributed by atoms with van der Waals surface area (Å²) in [6.07, 6.45) is -4.38. The summed E-state index contributed by atoms with van der Waals surface area (Å²) in [6, 6.07) is 4.83. The first-order valence-corrected chi connectivity index (χ1v) is 6.67. The molecular weight excluding hydrogens is 311 g/mol. The van der Waals surface area contributed by atoms with E-state index in [2.05, 4.69) is 4.74 Å². The van der Waals surface area contributed by atoms with E-state index in [1.807, 2.05) is 0 Å². The highest BCUT2D eigenvalue weighted by molar-refractivity contribution is 6.21. The monoisotopic (exact) mass is 323 g/mol. The van der Waals surface area contributed by atoms with Crippen molar-refractivity contribution in [3.8, 4) is 0 Å². The van der Waals surface area contributed by atoms with Crippen LogP contribution in [0.25, 0.3) is 11.1 Å². The lowest BCUT2D eigenvalue weighted by Crippen LogP contribution is -2.18. The molecule has 0 saturated heterocycles. The SMILES string of the molecule is CCn1c(=O)oc2cc(C(Cl)COCC(F)(F)F)ccc21. The number of aryl methyl sites for hydroxylation is 1. The van der Waals surface area contributed by atoms with Crippen LogP contribution in [0, 0.1) is 0 Å². The van der Waals surface area contributed by atoms with Gasteiger partial charge in [0.15, 0.2) is 5.58 Å². The molecule has 0 bridgehead atoms. The van der Waals surface area contributed by atoms with Crippen LogP contribution in [0.4, 0.5) is 13.2 Å². The Hall–Kier alpha value is -1.47. The van der Waals surface area contributed by atoms with E-state index < -0.39 is 23.9 Å². The van der Waals surface area contributed by atoms with Crippen molar-refractivity contribution in [3.05, 3.63) is 34.3 Å². The van der Waals surface area contributed by atoms with Gasteiger partial charge in [-0.2, -0.15) is 13.2 Å². The number of oxazole rings is 1. The fourth-order valence-corrected chi connectivity index (χ4v) is 2.18. The van der Waals surface area contributed by atoms with E-state index in [-0.39, 0.29) is 6.61 Å². The molecule has 4 nitrogen and oxygen atoms in total. The van der Waals surface area contributed by atoms with Gasteiger partial charge in [0.05, 0.1) is 17.5 Å². The molecule has 21 heavy (non-hydrogen) atoms. The maximum Gasteiger partial charge on any atom is 0.419 e. The van der Waals surface area contributed by atoms with E-state index in [0.29, 0.717) is 23.2 Å². The molecule has 0 amide bonds. The molecule has 1 unspecified atom stereocenters. The normalized spacial score (nSPS) is 13.8. The third-order valence-electron chi connectivity index (χ3n) is 2.90. The van der Waals surface area contributed by atoms with Gasteiger partial charge in [0.25, 0.3) is 0 Å². The minimum absolute atomic E-state index is 0.286. The van der Waals surface area contributed by atoms with Crippen molar-refractivity contribution < 1.29 is 22.3 Å². The second-order valence-corrected chi connectivity index (χ2v) is 4.96. The van der Waals surface area contributed by atoms with E-state index in [1.165, 1.54) is 10.6 Å². The predicted molar refractivity (Wildman–Crippen MR) is 71.6 cm³/mol. The number of aromatic nitrogens is 1. The quantitative estimate of drug-likeness (QED) is 0.791. The van der Waals surface area contributed by atoms with Crippen LogP contribution in [0.1, 0.15) is 17.9 Å². The topological polar surface area (TPSA) is 44.4 Å². The number of nitrogens with zero attached hydrogens (tertiary/aromatic N) is 1. The smallest absolute Gasteiger partial charge is 0.408 e. The van der Waals surface area contributed by atoms with Crippen molar-refractivity contribution in [1.82, 2.24) is 4.57 Å². The number of hydrogen-bond acceptors (Lipinski definition) is 3. The lowest BCUT2D eigenvalue weighted by Gasteiger charge is -2.12. The lowest BCUT2D eigenvalue weighted by atomic mass is 10.1. The van der Waals surface area contributed by atoms with Crippen molar-refractivity contribution in [3.63, 3.8) is 0 Å². The molecule has 1 atom stereocenters. The molecule has 0 aliphatic heterocycles.